The molecular formula is C21H31ClN2O2. The van der Waals surface area contributed by atoms with Crippen molar-refractivity contribution in [2.75, 3.05) is 13.1 Å². The van der Waals surface area contributed by atoms with Crippen LogP contribution in [-0.2, 0) is 4.79 Å². The molecule has 5 heteroatoms. The molecule has 2 heterocycles. The Balaban J connectivity index is 0.00000196. The quantitative estimate of drug-likeness (QED) is 0.871. The lowest BCUT2D eigenvalue weighted by atomic mass is 9.85. The van der Waals surface area contributed by atoms with E-state index in [9.17, 15) is 4.79 Å². The fraction of sp³-hybridized carbons (Fsp3) is 0.667. The summed E-state index contributed by atoms with van der Waals surface area (Å²) in [4.78, 5) is 14.9. The number of hydrogen-bond donors (Lipinski definition) is 1. The number of hydrogen-bond acceptors (Lipinski definition) is 3. The summed E-state index contributed by atoms with van der Waals surface area (Å²) < 4.78 is 6.09. The van der Waals surface area contributed by atoms with E-state index in [4.69, 9.17) is 4.74 Å². The predicted octanol–water partition coefficient (Wildman–Crippen LogP) is 3.71. The van der Waals surface area contributed by atoms with Crippen LogP contribution in [0.5, 0.6) is 5.75 Å². The molecule has 4 nitrogen and oxygen atoms in total. The van der Waals surface area contributed by atoms with Gasteiger partial charge in [-0.25, -0.2) is 0 Å². The second-order valence-electron chi connectivity index (χ2n) is 8.06. The van der Waals surface area contributed by atoms with E-state index in [1.54, 1.807) is 0 Å². The Bertz CT molecular complexity index is 585. The number of halogens is 1. The van der Waals surface area contributed by atoms with Crippen molar-refractivity contribution in [1.82, 2.24) is 10.2 Å². The molecule has 1 aliphatic carbocycles. The van der Waals surface area contributed by atoms with Gasteiger partial charge in [-0.15, -0.1) is 12.4 Å². The molecular weight excluding hydrogens is 348 g/mol. The zero-order valence-corrected chi connectivity index (χ0v) is 16.5. The number of nitrogens with zero attached hydrogens (tertiary/aromatic N) is 1. The third-order valence-electron chi connectivity index (χ3n) is 6.24. The first kappa shape index (κ1) is 19.5. The highest BCUT2D eigenvalue weighted by atomic mass is 35.5. The highest BCUT2D eigenvalue weighted by Crippen LogP contribution is 2.34. The molecule has 3 atom stereocenters. The number of fused-ring (bicyclic) bond motifs is 1. The van der Waals surface area contributed by atoms with E-state index < -0.39 is 0 Å². The molecule has 0 aromatic heterocycles. The number of likely N-dealkylation sites (tertiary alicyclic amines) is 1. The Hall–Kier alpha value is -1.26. The van der Waals surface area contributed by atoms with Gasteiger partial charge < -0.3 is 15.0 Å². The second kappa shape index (κ2) is 8.62. The van der Waals surface area contributed by atoms with Gasteiger partial charge in [0.15, 0.2) is 0 Å². The minimum absolute atomic E-state index is 0. The molecule has 1 aromatic carbocycles. The molecule has 3 fully saturated rings. The second-order valence-corrected chi connectivity index (χ2v) is 8.06. The van der Waals surface area contributed by atoms with Crippen LogP contribution < -0.4 is 10.1 Å². The van der Waals surface area contributed by atoms with Crippen LogP contribution in [0.15, 0.2) is 24.3 Å². The summed E-state index contributed by atoms with van der Waals surface area (Å²) in [6.07, 6.45) is 8.34. The summed E-state index contributed by atoms with van der Waals surface area (Å²) in [5.41, 5.74) is 1.25. The average molecular weight is 379 g/mol. The van der Waals surface area contributed by atoms with Gasteiger partial charge in [-0.3, -0.25) is 4.79 Å². The Morgan fingerprint density at radius 1 is 1.08 bits per heavy atom. The first-order chi connectivity index (χ1) is 12.2. The molecule has 3 aliphatic rings. The van der Waals surface area contributed by atoms with E-state index in [0.29, 0.717) is 11.9 Å². The molecule has 0 spiro atoms. The smallest absolute Gasteiger partial charge is 0.239 e. The van der Waals surface area contributed by atoms with E-state index in [1.807, 2.05) is 12.1 Å². The number of carbonyl (C=O) groups is 1. The maximum atomic E-state index is 12.9. The molecule has 1 amide bonds. The van der Waals surface area contributed by atoms with Crippen molar-refractivity contribution in [3.05, 3.63) is 29.8 Å². The maximum absolute atomic E-state index is 12.9. The first-order valence-corrected chi connectivity index (χ1v) is 9.97. The molecule has 1 aromatic rings. The van der Waals surface area contributed by atoms with Crippen LogP contribution in [-0.4, -0.2) is 42.1 Å². The summed E-state index contributed by atoms with van der Waals surface area (Å²) in [5, 5.41) is 3.62. The predicted molar refractivity (Wildman–Crippen MR) is 106 cm³/mol. The summed E-state index contributed by atoms with van der Waals surface area (Å²) in [7, 11) is 0. The van der Waals surface area contributed by atoms with Gasteiger partial charge in [0.05, 0.1) is 6.04 Å². The molecule has 2 saturated heterocycles. The highest BCUT2D eigenvalue weighted by Gasteiger charge is 2.40. The lowest BCUT2D eigenvalue weighted by Gasteiger charge is -2.33. The number of benzene rings is 1. The average Bonchev–Trinajstić information content (AvgIpc) is 3.08. The van der Waals surface area contributed by atoms with Crippen molar-refractivity contribution in [2.45, 2.75) is 70.1 Å². The standard InChI is InChI=1S/C21H30N2O2.ClH/c1-15-6-8-17(9-7-15)25-18-10-12-23(13-11-18)21(24)20-14-16-4-2-3-5-19(16)22-20;/h6-9,16,18-20,22H,2-5,10-14H2,1H3;1H. The van der Waals surface area contributed by atoms with Gasteiger partial charge >= 0.3 is 0 Å². The number of rotatable bonds is 3. The number of aryl methyl sites for hydroxylation is 1. The Labute approximate surface area is 163 Å². The van der Waals surface area contributed by atoms with Crippen LogP contribution in [0.3, 0.4) is 0 Å². The largest absolute Gasteiger partial charge is 0.490 e. The lowest BCUT2D eigenvalue weighted by Crippen LogP contribution is -2.49. The molecule has 0 bridgehead atoms. The van der Waals surface area contributed by atoms with Gasteiger partial charge in [-0.1, -0.05) is 30.5 Å². The van der Waals surface area contributed by atoms with Crippen molar-refractivity contribution in [3.63, 3.8) is 0 Å². The lowest BCUT2D eigenvalue weighted by molar-refractivity contribution is -0.135. The summed E-state index contributed by atoms with van der Waals surface area (Å²) in [5.74, 6) is 1.99. The van der Waals surface area contributed by atoms with Crippen molar-refractivity contribution in [1.29, 1.82) is 0 Å². The molecule has 3 unspecified atom stereocenters. The van der Waals surface area contributed by atoms with E-state index >= 15 is 0 Å². The Morgan fingerprint density at radius 2 is 1.77 bits per heavy atom. The van der Waals surface area contributed by atoms with E-state index in [1.165, 1.54) is 31.2 Å². The molecule has 0 radical (unpaired) electrons. The van der Waals surface area contributed by atoms with Gasteiger partial charge in [0.25, 0.3) is 0 Å². The minimum atomic E-state index is 0. The third kappa shape index (κ3) is 4.34. The third-order valence-corrected chi connectivity index (χ3v) is 6.24. The van der Waals surface area contributed by atoms with Gasteiger partial charge in [-0.05, 0) is 44.2 Å². The SMILES string of the molecule is Cc1ccc(OC2CCN(C(=O)C3CC4CCCCC4N3)CC2)cc1.Cl. The molecule has 1 N–H and O–H groups in total. The van der Waals surface area contributed by atoms with Crippen molar-refractivity contribution >= 4 is 18.3 Å². The van der Waals surface area contributed by atoms with Crippen LogP contribution in [0, 0.1) is 12.8 Å². The number of amides is 1. The number of piperidine rings is 1. The van der Waals surface area contributed by atoms with Gasteiger partial charge in [0.2, 0.25) is 5.91 Å². The van der Waals surface area contributed by atoms with Gasteiger partial charge in [0, 0.05) is 32.0 Å². The van der Waals surface area contributed by atoms with Gasteiger partial charge in [-0.2, -0.15) is 0 Å². The Morgan fingerprint density at radius 3 is 2.46 bits per heavy atom. The van der Waals surface area contributed by atoms with Crippen LogP contribution >= 0.6 is 12.4 Å². The fourth-order valence-corrected chi connectivity index (χ4v) is 4.73. The van der Waals surface area contributed by atoms with Crippen LogP contribution in [0.1, 0.15) is 50.5 Å². The molecule has 26 heavy (non-hydrogen) atoms. The van der Waals surface area contributed by atoms with E-state index in [-0.39, 0.29) is 24.6 Å². The fourth-order valence-electron chi connectivity index (χ4n) is 4.73. The monoisotopic (exact) mass is 378 g/mol. The maximum Gasteiger partial charge on any atom is 0.239 e. The normalized spacial score (nSPS) is 29.0. The summed E-state index contributed by atoms with van der Waals surface area (Å²) in [6, 6.07) is 8.89. The zero-order valence-electron chi connectivity index (χ0n) is 15.7. The van der Waals surface area contributed by atoms with E-state index in [2.05, 4.69) is 29.3 Å². The molecule has 4 rings (SSSR count). The minimum Gasteiger partial charge on any atom is -0.490 e. The van der Waals surface area contributed by atoms with Crippen LogP contribution in [0.4, 0.5) is 0 Å². The summed E-state index contributed by atoms with van der Waals surface area (Å²) in [6.45, 7) is 3.73. The number of ether oxygens (including phenoxy) is 1. The van der Waals surface area contributed by atoms with Crippen molar-refractivity contribution < 1.29 is 9.53 Å². The molecule has 2 aliphatic heterocycles. The molecule has 144 valence electrons. The number of nitrogens with one attached hydrogen (secondary N) is 1. The van der Waals surface area contributed by atoms with Crippen molar-refractivity contribution in [3.8, 4) is 5.75 Å². The topological polar surface area (TPSA) is 41.6 Å². The highest BCUT2D eigenvalue weighted by molar-refractivity contribution is 5.85. The molecule has 1 saturated carbocycles. The summed E-state index contributed by atoms with van der Waals surface area (Å²) >= 11 is 0. The van der Waals surface area contributed by atoms with Crippen molar-refractivity contribution in [2.24, 2.45) is 5.92 Å². The first-order valence-electron chi connectivity index (χ1n) is 9.97. The Kier molecular flexibility index (Phi) is 6.46. The van der Waals surface area contributed by atoms with Crippen LogP contribution in [0.2, 0.25) is 0 Å². The number of carbonyl (C=O) groups excluding carboxylic acids is 1. The van der Waals surface area contributed by atoms with Crippen LogP contribution in [0.25, 0.3) is 0 Å². The zero-order chi connectivity index (χ0) is 17.2. The van der Waals surface area contributed by atoms with Gasteiger partial charge in [0.1, 0.15) is 11.9 Å². The van der Waals surface area contributed by atoms with E-state index in [0.717, 1.165) is 44.0 Å².